The molecule has 0 bridgehead atoms. The number of benzene rings is 1. The van der Waals surface area contributed by atoms with Gasteiger partial charge < -0.3 is 13.9 Å². The predicted octanol–water partition coefficient (Wildman–Crippen LogP) is 2.23. The molecule has 15 heavy (non-hydrogen) atoms. The van der Waals surface area contributed by atoms with Crippen LogP contribution in [0.25, 0.3) is 11.1 Å². The lowest BCUT2D eigenvalue weighted by molar-refractivity contribution is 0.299. The van der Waals surface area contributed by atoms with Crippen molar-refractivity contribution < 1.29 is 13.9 Å². The number of rotatable bonds is 2. The Balaban J connectivity index is 0.000000980. The average molecular weight is 224 g/mol. The molecule has 0 saturated carbocycles. The SMILES string of the molecule is COc1nc2c(OC)cccc2o1.[N].[P]. The van der Waals surface area contributed by atoms with E-state index in [2.05, 4.69) is 4.98 Å². The van der Waals surface area contributed by atoms with Crippen LogP contribution < -0.4 is 15.6 Å². The molecule has 0 aliphatic heterocycles. The first kappa shape index (κ1) is 13.7. The van der Waals surface area contributed by atoms with Crippen LogP contribution in [0.2, 0.25) is 0 Å². The van der Waals surface area contributed by atoms with E-state index >= 15 is 0 Å². The van der Waals surface area contributed by atoms with Gasteiger partial charge in [0, 0.05) is 16.0 Å². The van der Waals surface area contributed by atoms with Crippen molar-refractivity contribution in [3.63, 3.8) is 0 Å². The van der Waals surface area contributed by atoms with E-state index in [9.17, 15) is 0 Å². The van der Waals surface area contributed by atoms with Crippen LogP contribution in [0.4, 0.5) is 0 Å². The molecule has 0 N–H and O–H groups in total. The molecule has 0 atom stereocenters. The molecule has 0 spiro atoms. The van der Waals surface area contributed by atoms with Gasteiger partial charge in [-0.3, -0.25) is 0 Å². The highest BCUT2D eigenvalue weighted by Crippen LogP contribution is 2.27. The van der Waals surface area contributed by atoms with E-state index < -0.39 is 0 Å². The summed E-state index contributed by atoms with van der Waals surface area (Å²) in [6.07, 6.45) is 0.250. The normalized spacial score (nSPS) is 8.93. The Bertz CT molecular complexity index is 430. The molecule has 0 fully saturated rings. The summed E-state index contributed by atoms with van der Waals surface area (Å²) >= 11 is 0. The van der Waals surface area contributed by atoms with E-state index in [1.165, 1.54) is 7.11 Å². The van der Waals surface area contributed by atoms with Crippen LogP contribution in [0.3, 0.4) is 0 Å². The van der Waals surface area contributed by atoms with Crippen molar-refractivity contribution in [2.75, 3.05) is 14.2 Å². The first-order valence-corrected chi connectivity index (χ1v) is 3.82. The van der Waals surface area contributed by atoms with Crippen LogP contribution >= 0.6 is 9.90 Å². The van der Waals surface area contributed by atoms with Crippen LogP contribution in [0.5, 0.6) is 11.8 Å². The van der Waals surface area contributed by atoms with Crippen molar-refractivity contribution in [1.82, 2.24) is 11.1 Å². The van der Waals surface area contributed by atoms with E-state index in [1.807, 2.05) is 18.2 Å². The third-order valence-corrected chi connectivity index (χ3v) is 1.76. The quantitative estimate of drug-likeness (QED) is 0.733. The van der Waals surface area contributed by atoms with Gasteiger partial charge in [0.15, 0.2) is 11.1 Å². The van der Waals surface area contributed by atoms with Gasteiger partial charge >= 0.3 is 6.08 Å². The van der Waals surface area contributed by atoms with Crippen molar-refractivity contribution in [2.45, 2.75) is 0 Å². The Morgan fingerprint density at radius 2 is 1.93 bits per heavy atom. The molecule has 1 aromatic heterocycles. The number of methoxy groups -OCH3 is 2. The molecule has 6 heteroatoms. The highest BCUT2D eigenvalue weighted by molar-refractivity contribution is 6.92. The summed E-state index contributed by atoms with van der Waals surface area (Å²) in [6.45, 7) is 0. The lowest BCUT2D eigenvalue weighted by Crippen LogP contribution is -1.84. The van der Waals surface area contributed by atoms with E-state index in [-0.39, 0.29) is 22.1 Å². The Morgan fingerprint density at radius 1 is 1.20 bits per heavy atom. The number of nitrogens with zero attached hydrogens (tertiary/aromatic N) is 2. The molecule has 1 aromatic carbocycles. The molecule has 5 nitrogen and oxygen atoms in total. The topological polar surface area (TPSA) is 75.0 Å². The molecular weight excluding hydrogens is 215 g/mol. The minimum Gasteiger partial charge on any atom is -0.494 e. The Morgan fingerprint density at radius 3 is 2.53 bits per heavy atom. The summed E-state index contributed by atoms with van der Waals surface area (Å²) in [4.78, 5) is 4.09. The zero-order chi connectivity index (χ0) is 9.26. The predicted molar refractivity (Wildman–Crippen MR) is 56.2 cm³/mol. The molecule has 78 valence electrons. The smallest absolute Gasteiger partial charge is 0.394 e. The number of hydrogen-bond acceptors (Lipinski definition) is 4. The molecular formula is C9H9N2O3P. The second-order valence-corrected chi connectivity index (χ2v) is 2.49. The fourth-order valence-corrected chi connectivity index (χ4v) is 1.15. The summed E-state index contributed by atoms with van der Waals surface area (Å²) in [5.41, 5.74) is 1.35. The van der Waals surface area contributed by atoms with E-state index in [1.54, 1.807) is 7.11 Å². The molecule has 0 amide bonds. The van der Waals surface area contributed by atoms with Crippen LogP contribution in [-0.4, -0.2) is 19.2 Å². The highest BCUT2D eigenvalue weighted by Gasteiger charge is 2.09. The van der Waals surface area contributed by atoms with Gasteiger partial charge in [-0.2, -0.15) is 4.98 Å². The maximum atomic E-state index is 5.25. The molecule has 2 rings (SSSR count). The van der Waals surface area contributed by atoms with Gasteiger partial charge in [-0.25, -0.2) is 0 Å². The van der Waals surface area contributed by atoms with Crippen LogP contribution in [-0.2, 0) is 0 Å². The van der Waals surface area contributed by atoms with Gasteiger partial charge in [0.25, 0.3) is 0 Å². The molecule has 0 saturated heterocycles. The van der Waals surface area contributed by atoms with Gasteiger partial charge in [-0.1, -0.05) is 6.07 Å². The van der Waals surface area contributed by atoms with Crippen molar-refractivity contribution in [3.05, 3.63) is 18.2 Å². The number of para-hydroxylation sites is 1. The Labute approximate surface area is 91.0 Å². The zero-order valence-corrected chi connectivity index (χ0v) is 9.19. The molecule has 0 unspecified atom stereocenters. The van der Waals surface area contributed by atoms with Crippen molar-refractivity contribution in [3.8, 4) is 11.8 Å². The number of fused-ring (bicyclic) bond motifs is 1. The lowest BCUT2D eigenvalue weighted by atomic mass is 10.3. The third-order valence-electron chi connectivity index (χ3n) is 1.76. The highest BCUT2D eigenvalue weighted by atomic mass is 31.0. The summed E-state index contributed by atoms with van der Waals surface area (Å²) in [5, 5.41) is 0. The second-order valence-electron chi connectivity index (χ2n) is 2.49. The molecule has 2 aromatic rings. The standard InChI is InChI=1S/C9H9NO3.N.P/c1-11-6-4-3-5-7-8(6)10-9(12-2)13-7;;/h3-5H,1-2H3;;. The fraction of sp³-hybridized carbons (Fsp3) is 0.222. The molecule has 0 aliphatic rings. The Hall–Kier alpha value is -1.32. The van der Waals surface area contributed by atoms with E-state index in [4.69, 9.17) is 13.9 Å². The van der Waals surface area contributed by atoms with Crippen molar-refractivity contribution >= 4 is 21.0 Å². The second kappa shape index (κ2) is 5.53. The average Bonchev–Trinajstić information content (AvgIpc) is 2.59. The molecule has 1 heterocycles. The first-order valence-electron chi connectivity index (χ1n) is 3.82. The van der Waals surface area contributed by atoms with Crippen molar-refractivity contribution in [2.24, 2.45) is 0 Å². The molecule has 6 radical (unpaired) electrons. The van der Waals surface area contributed by atoms with Gasteiger partial charge in [-0.15, -0.1) is 0 Å². The largest absolute Gasteiger partial charge is 0.494 e. The maximum Gasteiger partial charge on any atom is 0.394 e. The summed E-state index contributed by atoms with van der Waals surface area (Å²) in [7, 11) is 3.10. The number of hydrogen-bond donors (Lipinski definition) is 0. The zero-order valence-electron chi connectivity index (χ0n) is 8.30. The fourth-order valence-electron chi connectivity index (χ4n) is 1.15. The minimum absolute atomic E-state index is 0. The van der Waals surface area contributed by atoms with E-state index in [0.29, 0.717) is 16.8 Å². The summed E-state index contributed by atoms with van der Waals surface area (Å²) in [6, 6.07) is 5.48. The van der Waals surface area contributed by atoms with Gasteiger partial charge in [0.1, 0.15) is 5.75 Å². The third kappa shape index (κ3) is 2.37. The monoisotopic (exact) mass is 224 g/mol. The van der Waals surface area contributed by atoms with Gasteiger partial charge in [-0.05, 0) is 12.1 Å². The van der Waals surface area contributed by atoms with Crippen LogP contribution in [0.15, 0.2) is 22.6 Å². The van der Waals surface area contributed by atoms with Gasteiger partial charge in [0.2, 0.25) is 0 Å². The minimum atomic E-state index is 0. The first-order chi connectivity index (χ1) is 6.35. The van der Waals surface area contributed by atoms with E-state index in [0.717, 1.165) is 0 Å². The summed E-state index contributed by atoms with van der Waals surface area (Å²) < 4.78 is 15.2. The lowest BCUT2D eigenvalue weighted by Gasteiger charge is -1.96. The number of aromatic nitrogens is 1. The Kier molecular flexibility index (Phi) is 5.05. The van der Waals surface area contributed by atoms with Crippen LogP contribution in [0.1, 0.15) is 0 Å². The number of ether oxygens (including phenoxy) is 2. The van der Waals surface area contributed by atoms with Crippen molar-refractivity contribution in [1.29, 1.82) is 0 Å². The maximum absolute atomic E-state index is 5.25. The van der Waals surface area contributed by atoms with Gasteiger partial charge in [0.05, 0.1) is 14.2 Å². The number of oxazole rings is 1. The molecule has 0 aliphatic carbocycles. The summed E-state index contributed by atoms with van der Waals surface area (Å²) in [5.74, 6) is 0.685. The van der Waals surface area contributed by atoms with Crippen LogP contribution in [0, 0.1) is 0 Å².